The van der Waals surface area contributed by atoms with E-state index in [9.17, 15) is 0 Å². The Morgan fingerprint density at radius 3 is 1.00 bits per heavy atom. The van der Waals surface area contributed by atoms with Crippen LogP contribution in [0.1, 0.15) is 0 Å². The van der Waals surface area contributed by atoms with Crippen LogP contribution in [0.3, 0.4) is 0 Å². The van der Waals surface area contributed by atoms with E-state index < -0.39 is 0 Å². The van der Waals surface area contributed by atoms with Gasteiger partial charge < -0.3 is 49.7 Å². The fourth-order valence-corrected chi connectivity index (χ4v) is 0. The molecular weight excluding hydrogens is 208 g/mol. The van der Waals surface area contributed by atoms with Crippen LogP contribution in [0.5, 0.6) is 0 Å². The van der Waals surface area contributed by atoms with E-state index in [1.165, 1.54) is 9.40 Å². The van der Waals surface area contributed by atoms with E-state index in [1.54, 1.807) is 0 Å². The van der Waals surface area contributed by atoms with Gasteiger partial charge in [-0.05, 0) is 0 Å². The van der Waals surface area contributed by atoms with Crippen molar-refractivity contribution in [3.05, 3.63) is 0 Å². The molecule has 42 valence electrons. The molecule has 0 aliphatic heterocycles. The summed E-state index contributed by atoms with van der Waals surface area (Å²) >= 11 is 16.3. The molecule has 0 rings (SSSR count). The number of hydrogen-bond acceptors (Lipinski definition) is 4. The number of hydrogen-bond donors (Lipinski definition) is 0. The second-order valence-corrected chi connectivity index (χ2v) is 1.73. The first kappa shape index (κ1) is 15.7. The Labute approximate surface area is 75.7 Å². The van der Waals surface area contributed by atoms with Crippen molar-refractivity contribution in [2.75, 3.05) is 0 Å². The summed E-state index contributed by atoms with van der Waals surface area (Å²) in [6.07, 6.45) is 0. The van der Waals surface area contributed by atoms with Crippen LogP contribution in [0.25, 0.3) is 0 Å². The summed E-state index contributed by atoms with van der Waals surface area (Å²) in [6.45, 7) is 0. The third-order valence-corrected chi connectivity index (χ3v) is 0. The van der Waals surface area contributed by atoms with Gasteiger partial charge in [-0.2, -0.15) is 9.40 Å². The second kappa shape index (κ2) is 27.3. The van der Waals surface area contributed by atoms with Crippen molar-refractivity contribution in [1.82, 2.24) is 0 Å². The van der Waals surface area contributed by atoms with Gasteiger partial charge in [-0.3, -0.25) is 0 Å². The van der Waals surface area contributed by atoms with Crippen LogP contribution >= 0.6 is 24.4 Å². The molecule has 0 nitrogen and oxygen atoms in total. The molecule has 0 spiro atoms. The van der Waals surface area contributed by atoms with Gasteiger partial charge in [0.05, 0.1) is 0 Å². The maximum absolute atomic E-state index is 4.08. The number of thiocarbonyl (C=S) groups is 2. The molecular formula is C2H2FeS4. The molecule has 0 aliphatic carbocycles. The minimum absolute atomic E-state index is 0. The summed E-state index contributed by atoms with van der Waals surface area (Å²) in [4.78, 5) is 0. The molecule has 0 aliphatic rings. The molecule has 5 heteroatoms. The van der Waals surface area contributed by atoms with Crippen molar-refractivity contribution in [3.8, 4) is 0 Å². The quantitative estimate of drug-likeness (QED) is 0.332. The van der Waals surface area contributed by atoms with Crippen LogP contribution < -0.4 is 0 Å². The van der Waals surface area contributed by atoms with Gasteiger partial charge in [0.25, 0.3) is 0 Å². The third kappa shape index (κ3) is 145. The van der Waals surface area contributed by atoms with Gasteiger partial charge in [-0.25, -0.2) is 0 Å². The predicted molar refractivity (Wildman–Crippen MR) is 42.0 cm³/mol. The first-order chi connectivity index (χ1) is 2.83. The second-order valence-electron chi connectivity index (χ2n) is 0.192. The maximum Gasteiger partial charge on any atom is 2.00 e. The molecule has 0 amide bonds. The summed E-state index contributed by atoms with van der Waals surface area (Å²) < 4.78 is 2.33. The monoisotopic (exact) mass is 210 g/mol. The first-order valence-corrected chi connectivity index (χ1v) is 2.83. The third-order valence-electron chi connectivity index (χ3n) is 0. The minimum atomic E-state index is 0. The Kier molecular flexibility index (Phi) is 61.3. The average Bonchev–Trinajstić information content (AvgIpc) is 1.39. The standard InChI is InChI=1S/2CH2S2.Fe/c2*2-1-3;/h2*1H,(H,2,3);/q;;+2/p-2. The van der Waals surface area contributed by atoms with E-state index in [4.69, 9.17) is 0 Å². The molecule has 0 aromatic carbocycles. The largest absolute Gasteiger partial charge is 2.00 e. The average molecular weight is 210 g/mol. The first-order valence-electron chi connectivity index (χ1n) is 0.943. The smallest absolute Gasteiger partial charge is 0.436 e. The molecule has 0 unspecified atom stereocenters. The summed E-state index contributed by atoms with van der Waals surface area (Å²) in [5.41, 5.74) is 0. The van der Waals surface area contributed by atoms with Crippen LogP contribution in [0.4, 0.5) is 0 Å². The summed E-state index contributed by atoms with van der Waals surface area (Å²) in [5.74, 6) is 0. The van der Waals surface area contributed by atoms with Gasteiger partial charge in [0.2, 0.25) is 0 Å². The van der Waals surface area contributed by atoms with Crippen molar-refractivity contribution in [1.29, 1.82) is 0 Å². The van der Waals surface area contributed by atoms with Crippen molar-refractivity contribution >= 4 is 59.1 Å². The van der Waals surface area contributed by atoms with Crippen molar-refractivity contribution in [2.24, 2.45) is 0 Å². The SMILES string of the molecule is S=C[S-].S=C[S-].[Fe+2]. The zero-order valence-corrected chi connectivity index (χ0v) is 7.51. The minimum Gasteiger partial charge on any atom is -0.436 e. The summed E-state index contributed by atoms with van der Waals surface area (Å²) in [7, 11) is 0. The summed E-state index contributed by atoms with van der Waals surface area (Å²) in [5, 5.41) is 0. The van der Waals surface area contributed by atoms with E-state index in [1.807, 2.05) is 0 Å². The van der Waals surface area contributed by atoms with Gasteiger partial charge in [-0.1, -0.05) is 0 Å². The van der Waals surface area contributed by atoms with E-state index >= 15 is 0 Å². The molecule has 0 saturated carbocycles. The van der Waals surface area contributed by atoms with E-state index in [2.05, 4.69) is 49.7 Å². The fraction of sp³-hybridized carbons (Fsp3) is 0. The maximum atomic E-state index is 4.08. The van der Waals surface area contributed by atoms with Gasteiger partial charge >= 0.3 is 17.1 Å². The molecule has 0 aromatic heterocycles. The van der Waals surface area contributed by atoms with Gasteiger partial charge in [0.15, 0.2) is 0 Å². The van der Waals surface area contributed by atoms with Crippen LogP contribution in [0.2, 0.25) is 0 Å². The molecule has 0 heterocycles. The molecule has 7 heavy (non-hydrogen) atoms. The normalized spacial score (nSPS) is 3.43. The fourth-order valence-electron chi connectivity index (χ4n) is 0. The Morgan fingerprint density at radius 2 is 1.00 bits per heavy atom. The Balaban J connectivity index is -0.0000000400. The topological polar surface area (TPSA) is 0 Å². The molecule has 0 saturated heterocycles. The Morgan fingerprint density at radius 1 is 1.00 bits per heavy atom. The van der Waals surface area contributed by atoms with Crippen molar-refractivity contribution in [3.63, 3.8) is 0 Å². The molecule has 0 aromatic rings. The molecule has 0 atom stereocenters. The number of rotatable bonds is 0. The van der Waals surface area contributed by atoms with Crippen LogP contribution in [0.15, 0.2) is 0 Å². The molecule has 0 radical (unpaired) electrons. The zero-order valence-electron chi connectivity index (χ0n) is 3.14. The van der Waals surface area contributed by atoms with Crippen LogP contribution in [0, 0.1) is 0 Å². The molecule has 0 bridgehead atoms. The van der Waals surface area contributed by atoms with E-state index in [0.717, 1.165) is 0 Å². The Hall–Kier alpha value is 1.14. The van der Waals surface area contributed by atoms with Crippen LogP contribution in [-0.2, 0) is 42.3 Å². The van der Waals surface area contributed by atoms with Crippen molar-refractivity contribution in [2.45, 2.75) is 0 Å². The summed E-state index contributed by atoms with van der Waals surface area (Å²) in [6, 6.07) is 0. The molecule has 0 N–H and O–H groups in total. The van der Waals surface area contributed by atoms with E-state index in [-0.39, 0.29) is 17.1 Å². The van der Waals surface area contributed by atoms with Gasteiger partial charge in [-0.15, -0.1) is 0 Å². The molecule has 0 fully saturated rings. The van der Waals surface area contributed by atoms with Gasteiger partial charge in [0, 0.05) is 0 Å². The van der Waals surface area contributed by atoms with E-state index in [0.29, 0.717) is 0 Å². The zero-order chi connectivity index (χ0) is 5.41. The Bertz CT molecular complexity index is 30.7. The van der Waals surface area contributed by atoms with Gasteiger partial charge in [0.1, 0.15) is 0 Å². The van der Waals surface area contributed by atoms with Crippen molar-refractivity contribution < 1.29 is 17.1 Å². The van der Waals surface area contributed by atoms with Crippen LogP contribution in [-0.4, -0.2) is 9.40 Å². The predicted octanol–water partition coefficient (Wildman–Crippen LogP) is 0.979.